The summed E-state index contributed by atoms with van der Waals surface area (Å²) in [6, 6.07) is 7.75. The van der Waals surface area contributed by atoms with Gasteiger partial charge in [-0.2, -0.15) is 4.80 Å². The van der Waals surface area contributed by atoms with Gasteiger partial charge in [0.25, 0.3) is 11.9 Å². The molecule has 2 aromatic rings. The van der Waals surface area contributed by atoms with Gasteiger partial charge in [0.1, 0.15) is 5.75 Å². The maximum absolute atomic E-state index is 11.9. The highest BCUT2D eigenvalue weighted by Gasteiger charge is 2.13. The Bertz CT molecular complexity index is 658. The second kappa shape index (κ2) is 7.90. The van der Waals surface area contributed by atoms with Crippen LogP contribution in [0.3, 0.4) is 0 Å². The van der Waals surface area contributed by atoms with E-state index in [0.717, 1.165) is 12.8 Å². The normalized spacial score (nSPS) is 11.3. The van der Waals surface area contributed by atoms with E-state index in [1.165, 1.54) is 10.4 Å². The standard InChI is InChI=1S/C17H25N5O2/c1-5-6-11-22-20-16(19-21-22)18-15(23)12-24-14-9-7-13(8-10-14)17(2,3)4/h7-10H,5-6,11-12H2,1-4H3,(H,18,20,23). The summed E-state index contributed by atoms with van der Waals surface area (Å²) in [5, 5.41) is 14.3. The topological polar surface area (TPSA) is 81.9 Å². The molecule has 0 atom stereocenters. The molecule has 7 heteroatoms. The predicted octanol–water partition coefficient (Wildman–Crippen LogP) is 2.79. The maximum atomic E-state index is 11.9. The summed E-state index contributed by atoms with van der Waals surface area (Å²) >= 11 is 0. The number of carbonyl (C=O) groups is 1. The van der Waals surface area contributed by atoms with Crippen LogP contribution >= 0.6 is 0 Å². The van der Waals surface area contributed by atoms with E-state index in [-0.39, 0.29) is 23.9 Å². The van der Waals surface area contributed by atoms with Crippen LogP contribution in [0.5, 0.6) is 5.75 Å². The molecule has 1 N–H and O–H groups in total. The molecule has 0 aliphatic heterocycles. The molecule has 0 unspecified atom stereocenters. The van der Waals surface area contributed by atoms with E-state index in [0.29, 0.717) is 12.3 Å². The number of hydrogen-bond acceptors (Lipinski definition) is 5. The first-order valence-electron chi connectivity index (χ1n) is 8.19. The smallest absolute Gasteiger partial charge is 0.270 e. The Balaban J connectivity index is 1.81. The molecule has 0 radical (unpaired) electrons. The first kappa shape index (κ1) is 17.9. The van der Waals surface area contributed by atoms with Crippen LogP contribution in [0.1, 0.15) is 46.1 Å². The molecule has 2 rings (SSSR count). The summed E-state index contributed by atoms with van der Waals surface area (Å²) in [5.74, 6) is 0.533. The van der Waals surface area contributed by atoms with E-state index in [2.05, 4.69) is 48.4 Å². The van der Waals surface area contributed by atoms with Gasteiger partial charge in [0.15, 0.2) is 6.61 Å². The van der Waals surface area contributed by atoms with Crippen LogP contribution in [0, 0.1) is 0 Å². The number of anilines is 1. The molecule has 1 aromatic carbocycles. The molecule has 24 heavy (non-hydrogen) atoms. The monoisotopic (exact) mass is 331 g/mol. The Hall–Kier alpha value is -2.44. The molecule has 0 aliphatic carbocycles. The number of amides is 1. The van der Waals surface area contributed by atoms with E-state index in [9.17, 15) is 4.79 Å². The van der Waals surface area contributed by atoms with Crippen molar-refractivity contribution < 1.29 is 9.53 Å². The third-order valence-corrected chi connectivity index (χ3v) is 3.51. The fraction of sp³-hybridized carbons (Fsp3) is 0.529. The first-order valence-corrected chi connectivity index (χ1v) is 8.19. The van der Waals surface area contributed by atoms with Crippen molar-refractivity contribution >= 4 is 11.9 Å². The number of ether oxygens (including phenoxy) is 1. The number of aromatic nitrogens is 4. The van der Waals surface area contributed by atoms with Gasteiger partial charge >= 0.3 is 0 Å². The van der Waals surface area contributed by atoms with Crippen LogP contribution in [-0.2, 0) is 16.8 Å². The third kappa shape index (κ3) is 5.33. The summed E-state index contributed by atoms with van der Waals surface area (Å²) in [7, 11) is 0. The number of hydrogen-bond donors (Lipinski definition) is 1. The Labute approximate surface area is 142 Å². The molecular weight excluding hydrogens is 306 g/mol. The minimum Gasteiger partial charge on any atom is -0.484 e. The summed E-state index contributed by atoms with van der Waals surface area (Å²) in [6.45, 7) is 9.13. The van der Waals surface area contributed by atoms with Crippen LogP contribution in [0.4, 0.5) is 5.95 Å². The molecule has 0 aliphatic rings. The van der Waals surface area contributed by atoms with Crippen LogP contribution in [0.2, 0.25) is 0 Å². The number of carbonyl (C=O) groups excluding carboxylic acids is 1. The summed E-state index contributed by atoms with van der Waals surface area (Å²) < 4.78 is 5.48. The van der Waals surface area contributed by atoms with Gasteiger partial charge in [0.2, 0.25) is 0 Å². The number of tetrazole rings is 1. The second-order valence-electron chi connectivity index (χ2n) is 6.67. The highest BCUT2D eigenvalue weighted by molar-refractivity contribution is 5.90. The molecule has 0 saturated carbocycles. The van der Waals surface area contributed by atoms with Gasteiger partial charge < -0.3 is 4.74 Å². The van der Waals surface area contributed by atoms with Crippen molar-refractivity contribution in [1.29, 1.82) is 0 Å². The van der Waals surface area contributed by atoms with Crippen molar-refractivity contribution in [3.63, 3.8) is 0 Å². The van der Waals surface area contributed by atoms with Crippen molar-refractivity contribution in [3.05, 3.63) is 29.8 Å². The molecule has 0 spiro atoms. The number of rotatable bonds is 7. The molecule has 0 fully saturated rings. The highest BCUT2D eigenvalue weighted by Crippen LogP contribution is 2.24. The molecule has 1 amide bonds. The van der Waals surface area contributed by atoms with E-state index < -0.39 is 0 Å². The zero-order valence-corrected chi connectivity index (χ0v) is 14.7. The fourth-order valence-corrected chi connectivity index (χ4v) is 2.05. The quantitative estimate of drug-likeness (QED) is 0.843. The van der Waals surface area contributed by atoms with Gasteiger partial charge in [0, 0.05) is 0 Å². The molecule has 0 saturated heterocycles. The van der Waals surface area contributed by atoms with Crippen LogP contribution in [0.15, 0.2) is 24.3 Å². The third-order valence-electron chi connectivity index (χ3n) is 3.51. The summed E-state index contributed by atoms with van der Waals surface area (Å²) in [5.41, 5.74) is 1.30. The Kier molecular flexibility index (Phi) is 5.89. The zero-order chi connectivity index (χ0) is 17.6. The number of aryl methyl sites for hydroxylation is 1. The zero-order valence-electron chi connectivity index (χ0n) is 14.7. The van der Waals surface area contributed by atoms with E-state index in [4.69, 9.17) is 4.74 Å². The van der Waals surface area contributed by atoms with Crippen LogP contribution in [0.25, 0.3) is 0 Å². The van der Waals surface area contributed by atoms with Gasteiger partial charge in [-0.05, 0) is 34.7 Å². The largest absolute Gasteiger partial charge is 0.484 e. The lowest BCUT2D eigenvalue weighted by molar-refractivity contribution is -0.118. The lowest BCUT2D eigenvalue weighted by Gasteiger charge is -2.19. The molecular formula is C17H25N5O2. The highest BCUT2D eigenvalue weighted by atomic mass is 16.5. The number of nitrogens with zero attached hydrogens (tertiary/aromatic N) is 4. The number of benzene rings is 1. The Morgan fingerprint density at radius 2 is 1.96 bits per heavy atom. The van der Waals surface area contributed by atoms with Crippen molar-refractivity contribution in [2.45, 2.75) is 52.5 Å². The molecule has 1 heterocycles. The van der Waals surface area contributed by atoms with Crippen molar-refractivity contribution in [2.24, 2.45) is 0 Å². The molecule has 1 aromatic heterocycles. The van der Waals surface area contributed by atoms with E-state index in [1.54, 1.807) is 0 Å². The van der Waals surface area contributed by atoms with Gasteiger partial charge in [-0.15, -0.1) is 5.10 Å². The van der Waals surface area contributed by atoms with Gasteiger partial charge in [-0.1, -0.05) is 51.3 Å². The number of unbranched alkanes of at least 4 members (excludes halogenated alkanes) is 1. The minimum atomic E-state index is -0.315. The van der Waals surface area contributed by atoms with Crippen molar-refractivity contribution in [3.8, 4) is 5.75 Å². The summed E-state index contributed by atoms with van der Waals surface area (Å²) in [6.07, 6.45) is 2.02. The van der Waals surface area contributed by atoms with E-state index >= 15 is 0 Å². The lowest BCUT2D eigenvalue weighted by Crippen LogP contribution is -2.21. The van der Waals surface area contributed by atoms with Crippen molar-refractivity contribution in [2.75, 3.05) is 11.9 Å². The van der Waals surface area contributed by atoms with Crippen LogP contribution in [-0.4, -0.2) is 32.7 Å². The predicted molar refractivity (Wildman–Crippen MR) is 92.0 cm³/mol. The SMILES string of the molecule is CCCCn1nnc(NC(=O)COc2ccc(C(C)(C)C)cc2)n1. The lowest BCUT2D eigenvalue weighted by atomic mass is 9.87. The van der Waals surface area contributed by atoms with Gasteiger partial charge in [-0.25, -0.2) is 0 Å². The van der Waals surface area contributed by atoms with E-state index in [1.807, 2.05) is 24.3 Å². The average Bonchev–Trinajstić information content (AvgIpc) is 2.98. The Morgan fingerprint density at radius 3 is 2.58 bits per heavy atom. The second-order valence-corrected chi connectivity index (χ2v) is 6.67. The fourth-order valence-electron chi connectivity index (χ4n) is 2.05. The van der Waals surface area contributed by atoms with Crippen molar-refractivity contribution in [1.82, 2.24) is 20.2 Å². The summed E-state index contributed by atoms with van der Waals surface area (Å²) in [4.78, 5) is 13.4. The van der Waals surface area contributed by atoms with Gasteiger partial charge in [-0.3, -0.25) is 10.1 Å². The van der Waals surface area contributed by atoms with Gasteiger partial charge in [0.05, 0.1) is 6.54 Å². The Morgan fingerprint density at radius 1 is 1.25 bits per heavy atom. The molecule has 130 valence electrons. The molecule has 0 bridgehead atoms. The molecule has 7 nitrogen and oxygen atoms in total. The average molecular weight is 331 g/mol. The number of nitrogens with one attached hydrogen (secondary N) is 1. The maximum Gasteiger partial charge on any atom is 0.270 e. The first-order chi connectivity index (χ1) is 11.4. The minimum absolute atomic E-state index is 0.0885. The van der Waals surface area contributed by atoms with Crippen LogP contribution < -0.4 is 10.1 Å².